The lowest BCUT2D eigenvalue weighted by atomic mass is 9.98. The molecule has 0 saturated heterocycles. The van der Waals surface area contributed by atoms with Crippen LogP contribution >= 0.6 is 0 Å². The van der Waals surface area contributed by atoms with Crippen LogP contribution < -0.4 is 4.72 Å². The van der Waals surface area contributed by atoms with Gasteiger partial charge in [0.1, 0.15) is 11.0 Å². The summed E-state index contributed by atoms with van der Waals surface area (Å²) in [5, 5.41) is 0. The largest absolute Gasteiger partial charge is 0.407 e. The summed E-state index contributed by atoms with van der Waals surface area (Å²) < 4.78 is 39.0. The molecule has 42 heavy (non-hydrogen) atoms. The Morgan fingerprint density at radius 1 is 0.738 bits per heavy atom. The lowest BCUT2D eigenvalue weighted by Gasteiger charge is -2.46. The van der Waals surface area contributed by atoms with Crippen LogP contribution in [-0.4, -0.2) is 22.8 Å². The summed E-state index contributed by atoms with van der Waals surface area (Å²) in [6, 6.07) is 23.6. The van der Waals surface area contributed by atoms with Gasteiger partial charge in [-0.2, -0.15) is 0 Å². The Labute approximate surface area is 261 Å². The van der Waals surface area contributed by atoms with Crippen LogP contribution in [0.25, 0.3) is 0 Å². The quantitative estimate of drug-likeness (QED) is 0.171. The zero-order chi connectivity index (χ0) is 31.0. The van der Waals surface area contributed by atoms with E-state index in [9.17, 15) is 8.42 Å². The van der Waals surface area contributed by atoms with E-state index in [0.29, 0.717) is 16.6 Å². The Kier molecular flexibility index (Phi) is 12.9. The first-order valence-electron chi connectivity index (χ1n) is 15.4. The molecule has 0 aliphatic rings. The van der Waals surface area contributed by atoms with Crippen LogP contribution in [0.4, 0.5) is 0 Å². The van der Waals surface area contributed by atoms with Gasteiger partial charge in [-0.3, -0.25) is 0 Å². The molecule has 0 bridgehead atoms. The molecule has 0 heterocycles. The Hall–Kier alpha value is -1.90. The first-order valence-corrected chi connectivity index (χ1v) is 19.9. The molecule has 4 nitrogen and oxygen atoms in total. The molecular formula is C35H51NO3S2Si. The van der Waals surface area contributed by atoms with Crippen molar-refractivity contribution in [2.45, 2.75) is 125 Å². The van der Waals surface area contributed by atoms with E-state index in [0.717, 1.165) is 50.6 Å². The third-order valence-corrected chi connectivity index (χ3v) is 17.2. The number of benzene rings is 3. The minimum absolute atomic E-state index is 0.230. The number of nitrogens with one attached hydrogen (secondary N) is 1. The van der Waals surface area contributed by atoms with Gasteiger partial charge in [0.05, 0.1) is 21.8 Å². The average molecular weight is 626 g/mol. The predicted octanol–water partition coefficient (Wildman–Crippen LogP) is 9.57. The molecular weight excluding hydrogens is 575 g/mol. The van der Waals surface area contributed by atoms with E-state index >= 15 is 0 Å². The summed E-state index contributed by atoms with van der Waals surface area (Å²) in [4.78, 5) is 2.28. The zero-order valence-electron chi connectivity index (χ0n) is 27.0. The van der Waals surface area contributed by atoms with Crippen molar-refractivity contribution in [1.82, 2.24) is 4.72 Å². The predicted molar refractivity (Wildman–Crippen MR) is 181 cm³/mol. The second-order valence-electron chi connectivity index (χ2n) is 12.4. The molecule has 0 aromatic heterocycles. The molecule has 3 rings (SSSR count). The summed E-state index contributed by atoms with van der Waals surface area (Å²) >= 11 is 0. The first kappa shape index (κ1) is 34.6. The van der Waals surface area contributed by atoms with Crippen LogP contribution in [0.3, 0.4) is 0 Å². The van der Waals surface area contributed by atoms with E-state index in [2.05, 4.69) is 59.3 Å². The maximum atomic E-state index is 14.1. The summed E-state index contributed by atoms with van der Waals surface area (Å²) in [6.45, 7) is 20.0. The van der Waals surface area contributed by atoms with Crippen molar-refractivity contribution in [2.24, 2.45) is 0 Å². The number of rotatable bonds is 15. The number of unbranched alkanes of at least 4 members (excludes halogenated alkanes) is 1. The Bertz CT molecular complexity index is 1300. The van der Waals surface area contributed by atoms with Gasteiger partial charge in [-0.15, -0.1) is 0 Å². The Balaban J connectivity index is 2.20. The highest BCUT2D eigenvalue weighted by atomic mass is 32.2. The average Bonchev–Trinajstić information content (AvgIpc) is 2.96. The van der Waals surface area contributed by atoms with Gasteiger partial charge in [0.15, 0.2) is 0 Å². The van der Waals surface area contributed by atoms with Gasteiger partial charge in [0.2, 0.25) is 8.32 Å². The van der Waals surface area contributed by atoms with Crippen LogP contribution in [0.2, 0.25) is 16.6 Å². The summed E-state index contributed by atoms with van der Waals surface area (Å²) in [7, 11) is -5.21. The fraction of sp³-hybridized carbons (Fsp3) is 0.486. The normalized spacial score (nSPS) is 15.2. The van der Waals surface area contributed by atoms with Crippen LogP contribution in [0.1, 0.15) is 90.5 Å². The highest BCUT2D eigenvalue weighted by molar-refractivity contribution is 7.85. The lowest BCUT2D eigenvalue weighted by molar-refractivity contribution is 0.133. The van der Waals surface area contributed by atoms with Gasteiger partial charge in [-0.25, -0.2) is 13.1 Å². The van der Waals surface area contributed by atoms with Crippen molar-refractivity contribution in [3.05, 3.63) is 89.5 Å². The summed E-state index contributed by atoms with van der Waals surface area (Å²) in [5.74, 6) is 0. The van der Waals surface area contributed by atoms with Crippen molar-refractivity contribution >= 4 is 30.1 Å². The topological polar surface area (TPSA) is 55.4 Å². The molecule has 3 aromatic carbocycles. The van der Waals surface area contributed by atoms with E-state index < -0.39 is 36.2 Å². The van der Waals surface area contributed by atoms with Gasteiger partial charge < -0.3 is 4.43 Å². The molecule has 0 amide bonds. The maximum Gasteiger partial charge on any atom is 0.201 e. The number of aryl methyl sites for hydroxylation is 2. The maximum absolute atomic E-state index is 14.1. The fourth-order valence-electron chi connectivity index (χ4n) is 6.23. The van der Waals surface area contributed by atoms with Gasteiger partial charge in [0, 0.05) is 15.8 Å². The van der Waals surface area contributed by atoms with Crippen molar-refractivity contribution in [3.63, 3.8) is 0 Å². The standard InChI is InChI=1S/C35H51NO3S2Si/c1-10-11-15-33(36-41(38)31-23-19-29(9)20-24-31)35(39-42(25(2)3,26(4)5)27(6)7)32-14-12-13-16-34(32)40(37)30-21-17-28(8)18-22-30/h12-14,16-27,33,35-36H,10-11,15H2,1-9H3/t33-,35+,40?,41?/m1/s1. The number of hydrogen-bond acceptors (Lipinski definition) is 3. The molecule has 230 valence electrons. The minimum Gasteiger partial charge on any atom is -0.407 e. The van der Waals surface area contributed by atoms with Crippen LogP contribution in [0, 0.1) is 13.8 Å². The molecule has 0 saturated carbocycles. The van der Waals surface area contributed by atoms with E-state index in [4.69, 9.17) is 4.43 Å². The van der Waals surface area contributed by atoms with Crippen LogP contribution in [-0.2, 0) is 26.2 Å². The van der Waals surface area contributed by atoms with Crippen molar-refractivity contribution < 1.29 is 12.8 Å². The van der Waals surface area contributed by atoms with Crippen LogP contribution in [0.5, 0.6) is 0 Å². The molecule has 0 aliphatic carbocycles. The van der Waals surface area contributed by atoms with E-state index in [1.165, 1.54) is 0 Å². The molecule has 2 unspecified atom stereocenters. The highest BCUT2D eigenvalue weighted by Crippen LogP contribution is 2.47. The highest BCUT2D eigenvalue weighted by Gasteiger charge is 2.48. The lowest BCUT2D eigenvalue weighted by Crippen LogP contribution is -2.51. The minimum atomic E-state index is -2.40. The molecule has 7 heteroatoms. The second-order valence-corrected chi connectivity index (χ2v) is 20.5. The zero-order valence-corrected chi connectivity index (χ0v) is 29.6. The van der Waals surface area contributed by atoms with E-state index in [1.807, 2.05) is 80.6 Å². The van der Waals surface area contributed by atoms with E-state index in [-0.39, 0.29) is 6.04 Å². The van der Waals surface area contributed by atoms with E-state index in [1.54, 1.807) is 0 Å². The monoisotopic (exact) mass is 625 g/mol. The van der Waals surface area contributed by atoms with Crippen molar-refractivity contribution in [1.29, 1.82) is 0 Å². The smallest absolute Gasteiger partial charge is 0.201 e. The third kappa shape index (κ3) is 8.17. The molecule has 4 atom stereocenters. The van der Waals surface area contributed by atoms with Crippen LogP contribution in [0.15, 0.2) is 87.5 Å². The molecule has 0 fully saturated rings. The Morgan fingerprint density at radius 3 is 1.74 bits per heavy atom. The van der Waals surface area contributed by atoms with Crippen molar-refractivity contribution in [3.8, 4) is 0 Å². The Morgan fingerprint density at radius 2 is 1.24 bits per heavy atom. The second kappa shape index (κ2) is 15.7. The SMILES string of the molecule is CCCC[C@@H](NS(=O)c1ccc(C)cc1)[C@@H](O[Si](C(C)C)(C(C)C)C(C)C)c1ccccc1S(=O)c1ccc(C)cc1. The number of hydrogen-bond donors (Lipinski definition) is 1. The third-order valence-electron chi connectivity index (χ3n) is 8.43. The van der Waals surface area contributed by atoms with Gasteiger partial charge in [-0.1, -0.05) is 115 Å². The molecule has 0 radical (unpaired) electrons. The van der Waals surface area contributed by atoms with Gasteiger partial charge >= 0.3 is 0 Å². The van der Waals surface area contributed by atoms with Gasteiger partial charge in [-0.05, 0) is 72.8 Å². The van der Waals surface area contributed by atoms with Crippen molar-refractivity contribution in [2.75, 3.05) is 0 Å². The molecule has 1 N–H and O–H groups in total. The molecule has 3 aromatic rings. The first-order chi connectivity index (χ1) is 19.9. The van der Waals surface area contributed by atoms with Gasteiger partial charge in [0.25, 0.3) is 0 Å². The summed E-state index contributed by atoms with van der Waals surface area (Å²) in [5.41, 5.74) is 4.28. The molecule has 0 spiro atoms. The fourth-order valence-corrected chi connectivity index (χ4v) is 14.0. The molecule has 0 aliphatic heterocycles. The summed E-state index contributed by atoms with van der Waals surface area (Å²) in [6.07, 6.45) is 2.37.